The van der Waals surface area contributed by atoms with Gasteiger partial charge in [-0.15, -0.1) is 0 Å². The van der Waals surface area contributed by atoms with Crippen molar-refractivity contribution in [1.29, 1.82) is 0 Å². The van der Waals surface area contributed by atoms with Crippen LogP contribution in [0.1, 0.15) is 65.2 Å². The van der Waals surface area contributed by atoms with E-state index >= 15 is 0 Å². The minimum atomic E-state index is -1.45. The summed E-state index contributed by atoms with van der Waals surface area (Å²) in [6, 6.07) is 0. The molecule has 30 heavy (non-hydrogen) atoms. The molecule has 0 amide bonds. The molecule has 0 N–H and O–H groups in total. The van der Waals surface area contributed by atoms with Crippen LogP contribution in [0.25, 0.3) is 0 Å². The van der Waals surface area contributed by atoms with Gasteiger partial charge in [0.1, 0.15) is 0 Å². The highest BCUT2D eigenvalue weighted by Gasteiger charge is 2.79. The zero-order chi connectivity index (χ0) is 20.8. The summed E-state index contributed by atoms with van der Waals surface area (Å²) in [7, 11) is 0. The average Bonchev–Trinajstić information content (AvgIpc) is 2.99. The van der Waals surface area contributed by atoms with Crippen molar-refractivity contribution in [3.8, 4) is 0 Å². The maximum Gasteiger partial charge on any atom is 0.269 e. The number of halogens is 2. The molecule has 6 atom stereocenters. The van der Waals surface area contributed by atoms with Crippen LogP contribution in [0, 0.1) is 34.5 Å². The third-order valence-corrected chi connectivity index (χ3v) is 10.3. The molecule has 168 valence electrons. The van der Waals surface area contributed by atoms with Gasteiger partial charge in [-0.2, -0.15) is 8.78 Å². The summed E-state index contributed by atoms with van der Waals surface area (Å²) in [5.74, 6) is -1.38. The molecule has 2 heterocycles. The summed E-state index contributed by atoms with van der Waals surface area (Å²) in [5.41, 5.74) is 0.178. The van der Waals surface area contributed by atoms with Crippen LogP contribution in [0.5, 0.6) is 0 Å². The lowest BCUT2D eigenvalue weighted by molar-refractivity contribution is -0.474. The molecule has 0 bridgehead atoms. The van der Waals surface area contributed by atoms with Crippen molar-refractivity contribution < 1.29 is 27.7 Å². The summed E-state index contributed by atoms with van der Waals surface area (Å²) in [4.78, 5) is 0. The Hall–Kier alpha value is -0.560. The van der Waals surface area contributed by atoms with Crippen molar-refractivity contribution in [2.75, 3.05) is 26.4 Å². The zero-order valence-corrected chi connectivity index (χ0v) is 18.2. The van der Waals surface area contributed by atoms with E-state index in [1.807, 2.05) is 0 Å². The first-order valence-corrected chi connectivity index (χ1v) is 12.0. The van der Waals surface area contributed by atoms with Crippen LogP contribution in [0.4, 0.5) is 8.78 Å². The summed E-state index contributed by atoms with van der Waals surface area (Å²) in [6.45, 7) is 6.44. The van der Waals surface area contributed by atoms with Gasteiger partial charge in [-0.1, -0.05) is 26.7 Å². The van der Waals surface area contributed by atoms with Crippen molar-refractivity contribution in [2.45, 2.75) is 76.8 Å². The standard InChI is InChI=1S/C24H34F2O4/c1-21-7-4-3-5-15(21)13-16(20(25)26)19-17(21)6-8-22(2)18(19)14-23-24(22,29-11-9-27-23)30-12-10-28-23/h15,17-19H,3-14H2,1-2H3/t15?,17-,18-,19+,21-,22-,23?,24?/m0/s1. The molecule has 0 aromatic rings. The predicted octanol–water partition coefficient (Wildman–Crippen LogP) is 5.28. The van der Waals surface area contributed by atoms with Gasteiger partial charge in [-0.05, 0) is 66.8 Å². The summed E-state index contributed by atoms with van der Waals surface area (Å²) in [5, 5.41) is 0. The Morgan fingerprint density at radius 1 is 0.867 bits per heavy atom. The van der Waals surface area contributed by atoms with E-state index in [0.29, 0.717) is 56.7 Å². The molecule has 2 aliphatic heterocycles. The van der Waals surface area contributed by atoms with E-state index < -0.39 is 23.1 Å². The third-order valence-electron chi connectivity index (χ3n) is 10.3. The Bertz CT molecular complexity index is 752. The molecule has 0 aromatic heterocycles. The highest BCUT2D eigenvalue weighted by molar-refractivity contribution is 5.27. The van der Waals surface area contributed by atoms with E-state index in [4.69, 9.17) is 18.9 Å². The zero-order valence-electron chi connectivity index (χ0n) is 18.2. The van der Waals surface area contributed by atoms with Crippen LogP contribution < -0.4 is 0 Å². The molecular formula is C24H34F2O4. The third kappa shape index (κ3) is 2.24. The number of hydrogen-bond acceptors (Lipinski definition) is 4. The Kier molecular flexibility index (Phi) is 4.34. The highest BCUT2D eigenvalue weighted by Crippen LogP contribution is 2.73. The highest BCUT2D eigenvalue weighted by atomic mass is 19.3. The molecule has 4 aliphatic carbocycles. The fraction of sp³-hybridized carbons (Fsp3) is 0.917. The first-order chi connectivity index (χ1) is 14.4. The van der Waals surface area contributed by atoms with Crippen molar-refractivity contribution in [3.63, 3.8) is 0 Å². The van der Waals surface area contributed by atoms with Crippen LogP contribution >= 0.6 is 0 Å². The first-order valence-electron chi connectivity index (χ1n) is 12.0. The van der Waals surface area contributed by atoms with Gasteiger partial charge in [0.05, 0.1) is 26.4 Å². The first kappa shape index (κ1) is 20.1. The Morgan fingerprint density at radius 2 is 1.57 bits per heavy atom. The van der Waals surface area contributed by atoms with Crippen LogP contribution in [-0.2, 0) is 18.9 Å². The second-order valence-corrected chi connectivity index (χ2v) is 11.1. The maximum absolute atomic E-state index is 14.4. The second kappa shape index (κ2) is 6.49. The average molecular weight is 425 g/mol. The van der Waals surface area contributed by atoms with Crippen LogP contribution in [0.3, 0.4) is 0 Å². The molecule has 6 rings (SSSR count). The number of hydrogen-bond donors (Lipinski definition) is 0. The number of ether oxygens (including phenoxy) is 4. The molecule has 6 aliphatic rings. The SMILES string of the molecule is C[C@]12CCCCC1CC(=C(F)F)[C@@H]1[C@@H]2CC[C@@]2(C)[C@H]1CC13OCCOC12OCCO3. The van der Waals surface area contributed by atoms with Gasteiger partial charge in [-0.3, -0.25) is 0 Å². The molecule has 6 fully saturated rings. The minimum Gasteiger partial charge on any atom is -0.343 e. The molecular weight excluding hydrogens is 390 g/mol. The quantitative estimate of drug-likeness (QED) is 0.530. The van der Waals surface area contributed by atoms with Crippen molar-refractivity contribution in [2.24, 2.45) is 34.5 Å². The van der Waals surface area contributed by atoms with Gasteiger partial charge >= 0.3 is 0 Å². The molecule has 4 nitrogen and oxygen atoms in total. The fourth-order valence-electron chi connectivity index (χ4n) is 8.93. The van der Waals surface area contributed by atoms with E-state index in [2.05, 4.69) is 13.8 Å². The Morgan fingerprint density at radius 3 is 2.27 bits per heavy atom. The number of fused-ring (bicyclic) bond motifs is 5. The van der Waals surface area contributed by atoms with E-state index in [1.165, 1.54) is 19.3 Å². The summed E-state index contributed by atoms with van der Waals surface area (Å²) >= 11 is 0. The molecule has 4 saturated carbocycles. The van der Waals surface area contributed by atoms with E-state index in [-0.39, 0.29) is 17.3 Å². The second-order valence-electron chi connectivity index (χ2n) is 11.1. The van der Waals surface area contributed by atoms with Crippen LogP contribution in [0.15, 0.2) is 11.7 Å². The van der Waals surface area contributed by atoms with E-state index in [1.54, 1.807) is 0 Å². The summed E-state index contributed by atoms with van der Waals surface area (Å²) in [6.07, 6.45) is 6.21. The number of allylic oxidation sites excluding steroid dienone is 1. The lowest BCUT2D eigenvalue weighted by Gasteiger charge is -2.62. The lowest BCUT2D eigenvalue weighted by Crippen LogP contribution is -2.69. The molecule has 0 radical (unpaired) electrons. The van der Waals surface area contributed by atoms with Crippen LogP contribution in [0.2, 0.25) is 0 Å². The van der Waals surface area contributed by atoms with Gasteiger partial charge in [-0.25, -0.2) is 0 Å². The van der Waals surface area contributed by atoms with E-state index in [9.17, 15) is 8.78 Å². The van der Waals surface area contributed by atoms with Crippen molar-refractivity contribution >= 4 is 0 Å². The van der Waals surface area contributed by atoms with E-state index in [0.717, 1.165) is 19.3 Å². The Balaban J connectivity index is 1.48. The predicted molar refractivity (Wildman–Crippen MR) is 106 cm³/mol. The molecule has 2 saturated heterocycles. The topological polar surface area (TPSA) is 36.9 Å². The number of rotatable bonds is 0. The van der Waals surface area contributed by atoms with Gasteiger partial charge in [0.15, 0.2) is 0 Å². The van der Waals surface area contributed by atoms with Crippen LogP contribution in [-0.4, -0.2) is 38.0 Å². The molecule has 1 unspecified atom stereocenters. The lowest BCUT2D eigenvalue weighted by atomic mass is 9.44. The van der Waals surface area contributed by atoms with Crippen molar-refractivity contribution in [3.05, 3.63) is 11.7 Å². The maximum atomic E-state index is 14.4. The molecule has 0 spiro atoms. The molecule has 0 aromatic carbocycles. The summed E-state index contributed by atoms with van der Waals surface area (Å²) < 4.78 is 54.2. The van der Waals surface area contributed by atoms with Gasteiger partial charge < -0.3 is 18.9 Å². The van der Waals surface area contributed by atoms with Gasteiger partial charge in [0, 0.05) is 11.8 Å². The largest absolute Gasteiger partial charge is 0.343 e. The monoisotopic (exact) mass is 424 g/mol. The van der Waals surface area contributed by atoms with Gasteiger partial charge in [0.2, 0.25) is 11.6 Å². The van der Waals surface area contributed by atoms with Crippen molar-refractivity contribution in [1.82, 2.24) is 0 Å². The molecule has 6 heteroatoms. The van der Waals surface area contributed by atoms with Gasteiger partial charge in [0.25, 0.3) is 6.08 Å². The normalized spacial score (nSPS) is 55.0. The minimum absolute atomic E-state index is 0.0173. The Labute approximate surface area is 177 Å². The smallest absolute Gasteiger partial charge is 0.269 e. The fourth-order valence-corrected chi connectivity index (χ4v) is 8.93.